The first kappa shape index (κ1) is 23.5. The van der Waals surface area contributed by atoms with Crippen LogP contribution in [-0.4, -0.2) is 41.7 Å². The summed E-state index contributed by atoms with van der Waals surface area (Å²) in [6, 6.07) is 0. The van der Waals surface area contributed by atoms with Gasteiger partial charge in [0.15, 0.2) is 6.29 Å². The average Bonchev–Trinajstić information content (AvgIpc) is 2.64. The maximum absolute atomic E-state index is 5.78. The maximum Gasteiger partial charge on any atom is 0.157 e. The molecule has 1 fully saturated rings. The Balaban J connectivity index is 2.23. The van der Waals surface area contributed by atoms with Crippen LogP contribution in [0.1, 0.15) is 58.8 Å². The van der Waals surface area contributed by atoms with Gasteiger partial charge in [0.2, 0.25) is 0 Å². The molecule has 0 saturated carbocycles. The predicted molar refractivity (Wildman–Crippen MR) is 119 cm³/mol. The molecule has 0 aromatic carbocycles. The van der Waals surface area contributed by atoms with Gasteiger partial charge < -0.3 is 9.47 Å². The van der Waals surface area contributed by atoms with Crippen LogP contribution in [0.25, 0.3) is 0 Å². The van der Waals surface area contributed by atoms with Crippen LogP contribution in [0, 0.1) is 0 Å². The molecular weight excluding hydrogens is 368 g/mol. The molecule has 1 atom stereocenters. The fraction of sp³-hybridized carbons (Fsp3) is 0.800. The second kappa shape index (κ2) is 13.6. The molecule has 1 aliphatic rings. The summed E-state index contributed by atoms with van der Waals surface area (Å²) in [5, 5.41) is 0. The molecule has 1 unspecified atom stereocenters. The van der Waals surface area contributed by atoms with Crippen molar-refractivity contribution in [3.05, 3.63) is 23.3 Å². The van der Waals surface area contributed by atoms with Gasteiger partial charge >= 0.3 is 0 Å². The van der Waals surface area contributed by atoms with Gasteiger partial charge in [-0.3, -0.25) is 0 Å². The number of hydrogen-bond donors (Lipinski definition) is 0. The quantitative estimate of drug-likeness (QED) is 0.264. The molecular formula is C20H36O2S3. The third kappa shape index (κ3) is 9.81. The first-order valence-corrected chi connectivity index (χ1v) is 12.9. The van der Waals surface area contributed by atoms with E-state index in [1.54, 1.807) is 0 Å². The summed E-state index contributed by atoms with van der Waals surface area (Å²) in [6.45, 7) is 6.02. The third-order valence-electron chi connectivity index (χ3n) is 4.63. The fourth-order valence-corrected chi connectivity index (χ4v) is 5.54. The number of hydrogen-bond acceptors (Lipinski definition) is 5. The van der Waals surface area contributed by atoms with Gasteiger partial charge in [-0.1, -0.05) is 23.3 Å². The van der Waals surface area contributed by atoms with E-state index in [2.05, 4.69) is 44.8 Å². The molecule has 0 spiro atoms. The summed E-state index contributed by atoms with van der Waals surface area (Å²) in [5.74, 6) is 0. The van der Waals surface area contributed by atoms with Gasteiger partial charge in [0.05, 0.1) is 6.61 Å². The van der Waals surface area contributed by atoms with Gasteiger partial charge in [0.1, 0.15) is 3.41 Å². The SMILES string of the molecule is CSC(C/C=C(\C)CCC/C(C)=C/COC1CCCCO1)(SC)SC. The largest absolute Gasteiger partial charge is 0.353 e. The summed E-state index contributed by atoms with van der Waals surface area (Å²) < 4.78 is 11.6. The first-order valence-electron chi connectivity index (χ1n) is 9.25. The highest BCUT2D eigenvalue weighted by molar-refractivity contribution is 8.33. The molecule has 0 aromatic heterocycles. The monoisotopic (exact) mass is 404 g/mol. The number of allylic oxidation sites excluding steroid dienone is 3. The molecule has 25 heavy (non-hydrogen) atoms. The van der Waals surface area contributed by atoms with Crippen LogP contribution in [0.2, 0.25) is 0 Å². The lowest BCUT2D eigenvalue weighted by molar-refractivity contribution is -0.155. The second-order valence-corrected chi connectivity index (χ2v) is 10.7. The molecule has 5 heteroatoms. The van der Waals surface area contributed by atoms with E-state index in [1.165, 1.54) is 36.8 Å². The smallest absolute Gasteiger partial charge is 0.157 e. The summed E-state index contributed by atoms with van der Waals surface area (Å²) in [5.41, 5.74) is 2.94. The van der Waals surface area contributed by atoms with Crippen molar-refractivity contribution >= 4 is 35.3 Å². The standard InChI is InChI=1S/C20H36O2S3/c1-17(12-14-20(23-3,24-4)25-5)9-8-10-18(2)13-16-22-19-11-6-7-15-21-19/h12-13,19H,6-11,14-16H2,1-5H3/b17-12+,18-13+. The van der Waals surface area contributed by atoms with Crippen molar-refractivity contribution in [1.82, 2.24) is 0 Å². The van der Waals surface area contributed by atoms with Gasteiger partial charge in [-0.05, 0) is 77.6 Å². The minimum atomic E-state index is 0.0209. The molecule has 0 bridgehead atoms. The summed E-state index contributed by atoms with van der Waals surface area (Å²) >= 11 is 5.87. The number of rotatable bonds is 12. The van der Waals surface area contributed by atoms with E-state index < -0.39 is 0 Å². The van der Waals surface area contributed by atoms with Gasteiger partial charge in [-0.15, -0.1) is 35.3 Å². The minimum absolute atomic E-state index is 0.0209. The number of ether oxygens (including phenoxy) is 2. The van der Waals surface area contributed by atoms with Crippen LogP contribution >= 0.6 is 35.3 Å². The Kier molecular flexibility index (Phi) is 12.8. The van der Waals surface area contributed by atoms with Crippen molar-refractivity contribution in [2.45, 2.75) is 68.5 Å². The fourth-order valence-electron chi connectivity index (χ4n) is 2.79. The van der Waals surface area contributed by atoms with E-state index in [9.17, 15) is 0 Å². The van der Waals surface area contributed by atoms with Gasteiger partial charge in [-0.2, -0.15) is 0 Å². The molecule has 146 valence electrons. The lowest BCUT2D eigenvalue weighted by Crippen LogP contribution is -2.22. The van der Waals surface area contributed by atoms with Crippen molar-refractivity contribution < 1.29 is 9.47 Å². The van der Waals surface area contributed by atoms with Crippen molar-refractivity contribution in [2.75, 3.05) is 32.0 Å². The van der Waals surface area contributed by atoms with Crippen LogP contribution in [0.15, 0.2) is 23.3 Å². The van der Waals surface area contributed by atoms with E-state index in [4.69, 9.17) is 9.47 Å². The van der Waals surface area contributed by atoms with Crippen LogP contribution in [0.5, 0.6) is 0 Å². The molecule has 0 aromatic rings. The van der Waals surface area contributed by atoms with E-state index in [-0.39, 0.29) is 9.70 Å². The molecule has 2 nitrogen and oxygen atoms in total. The zero-order valence-electron chi connectivity index (χ0n) is 16.6. The van der Waals surface area contributed by atoms with Crippen molar-refractivity contribution in [2.24, 2.45) is 0 Å². The first-order chi connectivity index (χ1) is 12.0. The Bertz CT molecular complexity index is 403. The van der Waals surface area contributed by atoms with E-state index >= 15 is 0 Å². The van der Waals surface area contributed by atoms with E-state index in [1.807, 2.05) is 35.3 Å². The van der Waals surface area contributed by atoms with Crippen molar-refractivity contribution in [3.63, 3.8) is 0 Å². The molecule has 0 N–H and O–H groups in total. The minimum Gasteiger partial charge on any atom is -0.353 e. The van der Waals surface area contributed by atoms with Crippen LogP contribution < -0.4 is 0 Å². The topological polar surface area (TPSA) is 18.5 Å². The third-order valence-corrected chi connectivity index (χ3v) is 9.99. The van der Waals surface area contributed by atoms with Gasteiger partial charge in [0.25, 0.3) is 0 Å². The molecule has 1 heterocycles. The second-order valence-electron chi connectivity index (χ2n) is 6.58. The number of thioether (sulfide) groups is 3. The molecule has 1 rings (SSSR count). The lowest BCUT2D eigenvalue weighted by atomic mass is 10.1. The van der Waals surface area contributed by atoms with Crippen LogP contribution in [0.3, 0.4) is 0 Å². The highest BCUT2D eigenvalue weighted by Gasteiger charge is 2.25. The van der Waals surface area contributed by atoms with E-state index in [0.717, 1.165) is 25.9 Å². The van der Waals surface area contributed by atoms with Gasteiger partial charge in [-0.25, -0.2) is 0 Å². The Labute approximate surface area is 168 Å². The highest BCUT2D eigenvalue weighted by atomic mass is 32.3. The Morgan fingerprint density at radius 2 is 1.68 bits per heavy atom. The zero-order valence-corrected chi connectivity index (χ0v) is 19.1. The maximum atomic E-state index is 5.78. The lowest BCUT2D eigenvalue weighted by Gasteiger charge is -2.26. The molecule has 1 aliphatic heterocycles. The molecule has 0 radical (unpaired) electrons. The normalized spacial score (nSPS) is 20.1. The van der Waals surface area contributed by atoms with E-state index in [0.29, 0.717) is 6.61 Å². The van der Waals surface area contributed by atoms with Crippen LogP contribution in [0.4, 0.5) is 0 Å². The molecule has 1 saturated heterocycles. The average molecular weight is 405 g/mol. The molecule has 0 amide bonds. The molecule has 0 aliphatic carbocycles. The summed E-state index contributed by atoms with van der Waals surface area (Å²) in [4.78, 5) is 0. The Morgan fingerprint density at radius 3 is 2.24 bits per heavy atom. The summed E-state index contributed by atoms with van der Waals surface area (Å²) in [7, 11) is 0. The van der Waals surface area contributed by atoms with Gasteiger partial charge in [0, 0.05) is 6.61 Å². The predicted octanol–water partition coefficient (Wildman–Crippen LogP) is 6.73. The van der Waals surface area contributed by atoms with Crippen molar-refractivity contribution in [3.8, 4) is 0 Å². The Hall–Kier alpha value is 0.450. The zero-order chi connectivity index (χ0) is 18.5. The Morgan fingerprint density at radius 1 is 1.04 bits per heavy atom. The van der Waals surface area contributed by atoms with Crippen LogP contribution in [-0.2, 0) is 9.47 Å². The summed E-state index contributed by atoms with van der Waals surface area (Å²) in [6.07, 6.45) is 19.4. The highest BCUT2D eigenvalue weighted by Crippen LogP contribution is 2.46. The van der Waals surface area contributed by atoms with Crippen molar-refractivity contribution in [1.29, 1.82) is 0 Å².